The summed E-state index contributed by atoms with van der Waals surface area (Å²) >= 11 is 1.87. The van der Waals surface area contributed by atoms with Gasteiger partial charge in [-0.05, 0) is 0 Å². The zero-order valence-electron chi connectivity index (χ0n) is 4.81. The summed E-state index contributed by atoms with van der Waals surface area (Å²) in [5.74, 6) is 2.29. The van der Waals surface area contributed by atoms with E-state index in [-0.39, 0.29) is 5.81 Å². The molecule has 1 aliphatic heterocycles. The first-order chi connectivity index (χ1) is 3.79. The van der Waals surface area contributed by atoms with Crippen molar-refractivity contribution < 1.29 is 4.79 Å². The fourth-order valence-electron chi connectivity index (χ4n) is 0.606. The largest absolute Gasteiger partial charge is 0.361 e. The Kier molecular flexibility index (Phi) is 1.83. The Balaban J connectivity index is 2.09. The van der Waals surface area contributed by atoms with Crippen LogP contribution in [0.4, 0.5) is 4.79 Å². The van der Waals surface area contributed by atoms with Gasteiger partial charge in [-0.3, -0.25) is 4.79 Å². The number of amides is 1. The molecule has 0 unspecified atom stereocenters. The minimum absolute atomic E-state index is 0.0929. The molecule has 1 N–H and O–H groups in total. The topological polar surface area (TPSA) is 29.1 Å². The van der Waals surface area contributed by atoms with Gasteiger partial charge < -0.3 is 5.32 Å². The molecule has 1 aliphatic rings. The van der Waals surface area contributed by atoms with Gasteiger partial charge in [-0.15, -0.1) is 0 Å². The highest BCUT2D eigenvalue weighted by atomic mass is 32.2. The Labute approximate surface area is 53.8 Å². The summed E-state index contributed by atoms with van der Waals surface area (Å²) in [4.78, 5) is 10.3. The molecule has 44 valence electrons. The van der Waals surface area contributed by atoms with Gasteiger partial charge >= 0.3 is 0 Å². The maximum Gasteiger partial charge on any atom is 0.215 e. The average molecular weight is 129 g/mol. The molecule has 0 radical (unpaired) electrons. The third-order valence-electron chi connectivity index (χ3n) is 1.05. The van der Waals surface area contributed by atoms with E-state index >= 15 is 0 Å². The second-order valence-corrected chi connectivity index (χ2v) is 3.01. The summed E-state index contributed by atoms with van der Waals surface area (Å²) in [7, 11) is 1.56. The van der Waals surface area contributed by atoms with Crippen LogP contribution in [0.3, 0.4) is 0 Å². The Morgan fingerprint density at radius 1 is 1.75 bits per heavy atom. The number of thioether (sulfide) groups is 1. The highest BCUT2D eigenvalue weighted by Crippen LogP contribution is 2.16. The molecule has 4 heteroatoms. The van der Waals surface area contributed by atoms with Crippen molar-refractivity contribution >= 4 is 25.4 Å². The Morgan fingerprint density at radius 3 is 2.50 bits per heavy atom. The molecule has 0 aliphatic carbocycles. The van der Waals surface area contributed by atoms with E-state index < -0.39 is 0 Å². The molecule has 2 nitrogen and oxygen atoms in total. The van der Waals surface area contributed by atoms with Crippen molar-refractivity contribution in [1.82, 2.24) is 5.32 Å². The molecule has 0 spiro atoms. The van der Waals surface area contributed by atoms with Gasteiger partial charge in [-0.1, -0.05) is 0 Å². The molecule has 1 saturated heterocycles. The minimum atomic E-state index is 0.0929. The zero-order chi connectivity index (χ0) is 5.98. The summed E-state index contributed by atoms with van der Waals surface area (Å²) in [6.45, 7) is 0. The van der Waals surface area contributed by atoms with Crippen LogP contribution < -0.4 is 5.32 Å². The van der Waals surface area contributed by atoms with E-state index in [2.05, 4.69) is 5.32 Å². The van der Waals surface area contributed by atoms with Crippen molar-refractivity contribution in [2.75, 3.05) is 11.5 Å². The summed E-state index contributed by atoms with van der Waals surface area (Å²) in [5, 5.41) is 2.82. The SMILES string of the molecule is BC(=O)NC1CSC1. The molecule has 0 bridgehead atoms. The molecule has 8 heavy (non-hydrogen) atoms. The van der Waals surface area contributed by atoms with Crippen LogP contribution in [0, 0.1) is 0 Å². The van der Waals surface area contributed by atoms with Crippen molar-refractivity contribution in [2.24, 2.45) is 0 Å². The standard InChI is InChI=1S/C4H8BNOS/c5-4(7)6-3-1-8-2-3/h3H,1-2,5H2,(H,6,7). The molecular weight excluding hydrogens is 121 g/mol. The summed E-state index contributed by atoms with van der Waals surface area (Å²) in [6.07, 6.45) is 0. The average Bonchev–Trinajstić information content (AvgIpc) is 1.55. The third-order valence-corrected chi connectivity index (χ3v) is 2.32. The number of carbonyl (C=O) groups excluding carboxylic acids is 1. The van der Waals surface area contributed by atoms with E-state index in [0.717, 1.165) is 11.5 Å². The van der Waals surface area contributed by atoms with Crippen LogP contribution in [0.5, 0.6) is 0 Å². The van der Waals surface area contributed by atoms with E-state index in [4.69, 9.17) is 0 Å². The lowest BCUT2D eigenvalue weighted by Gasteiger charge is -2.25. The predicted molar refractivity (Wildman–Crippen MR) is 38.2 cm³/mol. The number of hydrogen-bond donors (Lipinski definition) is 1. The van der Waals surface area contributed by atoms with Crippen molar-refractivity contribution in [2.45, 2.75) is 6.04 Å². The van der Waals surface area contributed by atoms with E-state index in [0.29, 0.717) is 6.04 Å². The van der Waals surface area contributed by atoms with Crippen molar-refractivity contribution in [1.29, 1.82) is 0 Å². The van der Waals surface area contributed by atoms with E-state index in [1.165, 1.54) is 0 Å². The van der Waals surface area contributed by atoms with Crippen LogP contribution in [0.1, 0.15) is 0 Å². The quantitative estimate of drug-likeness (QED) is 0.481. The predicted octanol–water partition coefficient (Wildman–Crippen LogP) is -0.556. The smallest absolute Gasteiger partial charge is 0.215 e. The van der Waals surface area contributed by atoms with E-state index in [9.17, 15) is 4.79 Å². The van der Waals surface area contributed by atoms with Crippen LogP contribution in [0.15, 0.2) is 0 Å². The van der Waals surface area contributed by atoms with Crippen LogP contribution in [0.25, 0.3) is 0 Å². The van der Waals surface area contributed by atoms with Gasteiger partial charge in [0.15, 0.2) is 5.81 Å². The maximum atomic E-state index is 10.3. The molecular formula is C4H8BNOS. The van der Waals surface area contributed by atoms with Crippen molar-refractivity contribution in [3.05, 3.63) is 0 Å². The Bertz CT molecular complexity index is 104. The lowest BCUT2D eigenvalue weighted by atomic mass is 10.1. The normalized spacial score (nSPS) is 19.5. The van der Waals surface area contributed by atoms with Crippen molar-refractivity contribution in [3.8, 4) is 0 Å². The molecule has 1 amide bonds. The van der Waals surface area contributed by atoms with Crippen LogP contribution in [-0.4, -0.2) is 31.2 Å². The zero-order valence-corrected chi connectivity index (χ0v) is 5.62. The van der Waals surface area contributed by atoms with E-state index in [1.807, 2.05) is 11.8 Å². The first-order valence-electron chi connectivity index (χ1n) is 2.64. The van der Waals surface area contributed by atoms with Crippen LogP contribution in [0.2, 0.25) is 0 Å². The van der Waals surface area contributed by atoms with Gasteiger partial charge in [0, 0.05) is 17.5 Å². The van der Waals surface area contributed by atoms with Gasteiger partial charge in [-0.25, -0.2) is 0 Å². The molecule has 0 aromatic carbocycles. The minimum Gasteiger partial charge on any atom is -0.361 e. The summed E-state index contributed by atoms with van der Waals surface area (Å²) in [5.41, 5.74) is 0. The number of rotatable bonds is 1. The second kappa shape index (κ2) is 2.44. The summed E-state index contributed by atoms with van der Waals surface area (Å²) in [6, 6.07) is 0.470. The van der Waals surface area contributed by atoms with Gasteiger partial charge in [-0.2, -0.15) is 11.8 Å². The van der Waals surface area contributed by atoms with Crippen LogP contribution >= 0.6 is 11.8 Å². The number of hydrogen-bond acceptors (Lipinski definition) is 2. The molecule has 0 aromatic rings. The lowest BCUT2D eigenvalue weighted by Crippen LogP contribution is -2.43. The fourth-order valence-corrected chi connectivity index (χ4v) is 1.24. The van der Waals surface area contributed by atoms with Crippen molar-refractivity contribution in [3.63, 3.8) is 0 Å². The fraction of sp³-hybridized carbons (Fsp3) is 0.750. The molecule has 0 aromatic heterocycles. The summed E-state index contributed by atoms with van der Waals surface area (Å²) < 4.78 is 0. The molecule has 1 rings (SSSR count). The van der Waals surface area contributed by atoms with Gasteiger partial charge in [0.1, 0.15) is 0 Å². The molecule has 1 fully saturated rings. The highest BCUT2D eigenvalue weighted by molar-refractivity contribution is 8.00. The monoisotopic (exact) mass is 129 g/mol. The number of nitrogens with one attached hydrogen (secondary N) is 1. The second-order valence-electron chi connectivity index (χ2n) is 1.93. The number of carbonyl (C=O) groups is 1. The molecule has 1 heterocycles. The maximum absolute atomic E-state index is 10.3. The van der Waals surface area contributed by atoms with Crippen LogP contribution in [-0.2, 0) is 0 Å². The van der Waals surface area contributed by atoms with Gasteiger partial charge in [0.25, 0.3) is 0 Å². The Morgan fingerprint density at radius 2 is 2.38 bits per heavy atom. The van der Waals surface area contributed by atoms with E-state index in [1.54, 1.807) is 7.85 Å². The third kappa shape index (κ3) is 1.44. The van der Waals surface area contributed by atoms with Gasteiger partial charge in [0.2, 0.25) is 7.85 Å². The van der Waals surface area contributed by atoms with Gasteiger partial charge in [0.05, 0.1) is 0 Å². The molecule has 0 saturated carbocycles. The highest BCUT2D eigenvalue weighted by Gasteiger charge is 2.17. The molecule has 0 atom stereocenters. The first-order valence-corrected chi connectivity index (χ1v) is 3.79. The first kappa shape index (κ1) is 6.01. The lowest BCUT2D eigenvalue weighted by molar-refractivity contribution is 0.257. The Hall–Kier alpha value is -0.115.